The highest BCUT2D eigenvalue weighted by molar-refractivity contribution is 8.01. The van der Waals surface area contributed by atoms with Crippen LogP contribution in [-0.4, -0.2) is 67.5 Å². The zero-order valence-corrected chi connectivity index (χ0v) is 23.6. The van der Waals surface area contributed by atoms with Crippen LogP contribution < -0.4 is 9.88 Å². The minimum absolute atomic E-state index is 0.0187. The van der Waals surface area contributed by atoms with E-state index in [1.54, 1.807) is 35.2 Å². The Hall–Kier alpha value is -2.38. The fraction of sp³-hybridized carbons (Fsp3) is 0.292. The number of aryl methyl sites for hydroxylation is 1. The molecule has 0 spiro atoms. The van der Waals surface area contributed by atoms with Crippen molar-refractivity contribution in [3.63, 3.8) is 0 Å². The maximum absolute atomic E-state index is 12.9. The second kappa shape index (κ2) is 12.6. The highest BCUT2D eigenvalue weighted by Gasteiger charge is 2.54. The monoisotopic (exact) mass is 614 g/mol. The van der Waals surface area contributed by atoms with E-state index in [1.165, 1.54) is 40.2 Å². The zero-order valence-electron chi connectivity index (χ0n) is 19.6. The topological polar surface area (TPSA) is 128 Å². The Morgan fingerprint density at radius 3 is 2.55 bits per heavy atom. The Bertz CT molecular complexity index is 1310. The molecule has 1 aromatic carbocycles. The first kappa shape index (κ1) is 28.6. The average molecular weight is 616 g/mol. The van der Waals surface area contributed by atoms with Gasteiger partial charge in [0.05, 0.1) is 10.8 Å². The van der Waals surface area contributed by atoms with Gasteiger partial charge in [0.2, 0.25) is 5.91 Å². The summed E-state index contributed by atoms with van der Waals surface area (Å²) in [6.45, 7) is 0.356. The normalized spacial score (nSPS) is 18.6. The number of thioether (sulfide) groups is 3. The van der Waals surface area contributed by atoms with Crippen molar-refractivity contribution in [2.75, 3.05) is 17.3 Å². The Morgan fingerprint density at radius 2 is 1.87 bits per heavy atom. The van der Waals surface area contributed by atoms with Crippen molar-refractivity contribution in [1.82, 2.24) is 10.2 Å². The van der Waals surface area contributed by atoms with Crippen molar-refractivity contribution >= 4 is 82.2 Å². The van der Waals surface area contributed by atoms with Crippen molar-refractivity contribution in [1.29, 1.82) is 0 Å². The zero-order chi connectivity index (χ0) is 27.4. The molecule has 2 aliphatic heterocycles. The summed E-state index contributed by atoms with van der Waals surface area (Å²) >= 11 is 16.2. The first-order valence-electron chi connectivity index (χ1n) is 11.2. The number of pyridine rings is 1. The van der Waals surface area contributed by atoms with Crippen LogP contribution in [-0.2, 0) is 25.7 Å². The van der Waals surface area contributed by atoms with Gasteiger partial charge in [-0.25, -0.2) is 9.36 Å². The van der Waals surface area contributed by atoms with E-state index in [4.69, 9.17) is 28.3 Å². The highest BCUT2D eigenvalue weighted by atomic mass is 35.5. The summed E-state index contributed by atoms with van der Waals surface area (Å²) in [5, 5.41) is 21.9. The Morgan fingerprint density at radius 1 is 1.13 bits per heavy atom. The van der Waals surface area contributed by atoms with Gasteiger partial charge in [0.15, 0.2) is 18.9 Å². The number of aromatic nitrogens is 1. The third-order valence-corrected chi connectivity index (χ3v) is 9.85. The predicted molar refractivity (Wildman–Crippen MR) is 146 cm³/mol. The molecule has 0 aliphatic carbocycles. The van der Waals surface area contributed by atoms with Crippen molar-refractivity contribution in [3.05, 3.63) is 64.0 Å². The highest BCUT2D eigenvalue weighted by Crippen LogP contribution is 2.41. The van der Waals surface area contributed by atoms with Crippen LogP contribution in [0.3, 0.4) is 0 Å². The number of carboxylic acids is 2. The number of nitrogens with one attached hydrogen (secondary N) is 1. The van der Waals surface area contributed by atoms with Crippen LogP contribution >= 0.6 is 58.5 Å². The van der Waals surface area contributed by atoms with Gasteiger partial charge in [0.1, 0.15) is 23.5 Å². The second-order valence-electron chi connectivity index (χ2n) is 8.28. The molecule has 2 amide bonds. The van der Waals surface area contributed by atoms with Crippen molar-refractivity contribution in [2.24, 2.45) is 0 Å². The Labute approximate surface area is 240 Å². The molecule has 2 atom stereocenters. The number of amides is 2. The van der Waals surface area contributed by atoms with E-state index in [-0.39, 0.29) is 23.8 Å². The molecule has 1 fully saturated rings. The van der Waals surface area contributed by atoms with Gasteiger partial charge in [-0.2, -0.15) is 0 Å². The van der Waals surface area contributed by atoms with Crippen molar-refractivity contribution in [2.45, 2.75) is 34.2 Å². The number of rotatable bonds is 11. The standard InChI is InChI=1S/C24H21Cl2N3O6S3/c25-14-1-2-16(26)17(9-14)37-12-18(30)27-20-22(33)29-21(24(34)35)13(11-38-23(20)29)10-36-15-3-6-28(7-4-15)8-5-19(31)32/h1-4,6-7,9,20,23H,5,8,10-12H2,(H2-,27,30,31,32,34,35)/p+1/t20-,23+/m0/s1. The maximum Gasteiger partial charge on any atom is 0.352 e. The molecule has 14 heteroatoms. The lowest BCUT2D eigenvalue weighted by Gasteiger charge is -2.49. The molecule has 0 saturated carbocycles. The van der Waals surface area contributed by atoms with E-state index in [1.807, 2.05) is 12.1 Å². The van der Waals surface area contributed by atoms with Crippen LogP contribution in [0.4, 0.5) is 0 Å². The SMILES string of the molecule is O=C(O)CC[n+]1ccc(SCC2=C(C(=O)O)N3C(=O)[C@H](NC(=O)CSc4cc(Cl)ccc4Cl)[C@H]3SC2)cc1. The van der Waals surface area contributed by atoms with Gasteiger partial charge in [-0.15, -0.1) is 35.3 Å². The van der Waals surface area contributed by atoms with Gasteiger partial charge in [-0.1, -0.05) is 23.2 Å². The molecule has 1 saturated heterocycles. The second-order valence-corrected chi connectivity index (χ2v) is 12.3. The number of β-lactam (4-membered cyclic amide) rings is 1. The number of fused-ring (bicyclic) bond motifs is 1. The third kappa shape index (κ3) is 6.78. The minimum atomic E-state index is -1.19. The lowest BCUT2D eigenvalue weighted by molar-refractivity contribution is -0.696. The lowest BCUT2D eigenvalue weighted by Crippen LogP contribution is -2.70. The summed E-state index contributed by atoms with van der Waals surface area (Å²) < 4.78 is 1.76. The summed E-state index contributed by atoms with van der Waals surface area (Å²) in [7, 11) is 0. The van der Waals surface area contributed by atoms with E-state index >= 15 is 0 Å². The third-order valence-electron chi connectivity index (χ3n) is 5.68. The van der Waals surface area contributed by atoms with Crippen LogP contribution in [0.25, 0.3) is 0 Å². The molecule has 38 heavy (non-hydrogen) atoms. The number of carbonyl (C=O) groups is 4. The maximum atomic E-state index is 12.9. The first-order valence-corrected chi connectivity index (χ1v) is 15.0. The van der Waals surface area contributed by atoms with Crippen LogP contribution in [0.5, 0.6) is 0 Å². The van der Waals surface area contributed by atoms with Gasteiger partial charge in [-0.3, -0.25) is 19.3 Å². The summed E-state index contributed by atoms with van der Waals surface area (Å²) in [6.07, 6.45) is 3.56. The molecule has 4 rings (SSSR count). The summed E-state index contributed by atoms with van der Waals surface area (Å²) in [6, 6.07) is 7.81. The van der Waals surface area contributed by atoms with Gasteiger partial charge in [0.25, 0.3) is 5.91 Å². The minimum Gasteiger partial charge on any atom is -0.481 e. The summed E-state index contributed by atoms with van der Waals surface area (Å²) in [5.74, 6) is -2.07. The fourth-order valence-electron chi connectivity index (χ4n) is 3.82. The molecule has 0 bridgehead atoms. The molecule has 2 aromatic rings. The van der Waals surface area contributed by atoms with E-state index in [0.29, 0.717) is 38.6 Å². The largest absolute Gasteiger partial charge is 0.481 e. The number of carboxylic acid groups (broad SMARTS) is 2. The van der Waals surface area contributed by atoms with E-state index in [2.05, 4.69) is 5.32 Å². The summed E-state index contributed by atoms with van der Waals surface area (Å²) in [5.41, 5.74) is 0.583. The van der Waals surface area contributed by atoms with Gasteiger partial charge in [0, 0.05) is 38.5 Å². The number of halogens is 2. The Kier molecular flexibility index (Phi) is 9.53. The quantitative estimate of drug-likeness (QED) is 0.198. The molecular weight excluding hydrogens is 593 g/mol. The van der Waals surface area contributed by atoms with E-state index in [9.17, 15) is 24.3 Å². The molecular formula is C24H22Cl2N3O6S3+. The lowest BCUT2D eigenvalue weighted by atomic mass is 10.0. The van der Waals surface area contributed by atoms with E-state index in [0.717, 1.165) is 4.90 Å². The van der Waals surface area contributed by atoms with Gasteiger partial charge in [-0.05, 0) is 23.8 Å². The first-order chi connectivity index (χ1) is 18.1. The van der Waals surface area contributed by atoms with Crippen LogP contribution in [0, 0.1) is 0 Å². The van der Waals surface area contributed by atoms with Gasteiger partial charge < -0.3 is 15.5 Å². The number of aliphatic carboxylic acids is 2. The molecule has 3 N–H and O–H groups in total. The molecule has 3 heterocycles. The molecule has 9 nitrogen and oxygen atoms in total. The average Bonchev–Trinajstić information content (AvgIpc) is 2.89. The molecule has 200 valence electrons. The summed E-state index contributed by atoms with van der Waals surface area (Å²) in [4.78, 5) is 51.0. The van der Waals surface area contributed by atoms with Crippen molar-refractivity contribution in [3.8, 4) is 0 Å². The van der Waals surface area contributed by atoms with Gasteiger partial charge >= 0.3 is 11.9 Å². The Balaban J connectivity index is 1.35. The van der Waals surface area contributed by atoms with Crippen LogP contribution in [0.2, 0.25) is 10.0 Å². The molecule has 0 radical (unpaired) electrons. The predicted octanol–water partition coefficient (Wildman–Crippen LogP) is 3.38. The number of carbonyl (C=O) groups excluding carboxylic acids is 2. The van der Waals surface area contributed by atoms with E-state index < -0.39 is 29.3 Å². The smallest absolute Gasteiger partial charge is 0.352 e. The number of benzene rings is 1. The molecule has 1 aromatic heterocycles. The number of nitrogens with zero attached hydrogens (tertiary/aromatic N) is 2. The van der Waals surface area contributed by atoms with Crippen LogP contribution in [0.15, 0.2) is 63.8 Å². The van der Waals surface area contributed by atoms with Crippen molar-refractivity contribution < 1.29 is 34.0 Å². The number of hydrogen-bond acceptors (Lipinski definition) is 7. The van der Waals surface area contributed by atoms with Crippen LogP contribution in [0.1, 0.15) is 6.42 Å². The molecule has 2 aliphatic rings. The fourth-order valence-corrected chi connectivity index (χ4v) is 7.50. The number of hydrogen-bond donors (Lipinski definition) is 3. The molecule has 0 unspecified atom stereocenters.